The summed E-state index contributed by atoms with van der Waals surface area (Å²) in [6.07, 6.45) is 79.6. The molecule has 0 N–H and O–H groups in total. The molecule has 10 heteroatoms. The Morgan fingerprint density at radius 3 is 1.14 bits per heavy atom. The molecule has 0 aromatic rings. The summed E-state index contributed by atoms with van der Waals surface area (Å²) >= 11 is 0. The van der Waals surface area contributed by atoms with E-state index in [2.05, 4.69) is 135 Å². The maximum atomic E-state index is 12.8. The Labute approximate surface area is 467 Å². The molecular weight excluding hydrogens is 966 g/mol. The molecule has 9 nitrogen and oxygen atoms in total. The molecule has 0 saturated carbocycles. The number of hydrogen-bond acceptors (Lipinski definition) is 8. The van der Waals surface area contributed by atoms with Crippen LogP contribution in [0.4, 0.5) is 0 Å². The van der Waals surface area contributed by atoms with Crippen molar-refractivity contribution in [1.29, 1.82) is 0 Å². The zero-order chi connectivity index (χ0) is 55.6. The number of unbranched alkanes of at least 4 members (excludes halogenated alkanes) is 20. The fourth-order valence-electron chi connectivity index (χ4n) is 7.82. The zero-order valence-electron chi connectivity index (χ0n) is 49.2. The minimum Gasteiger partial charge on any atom is -0.756 e. The van der Waals surface area contributed by atoms with Crippen molar-refractivity contribution >= 4 is 19.8 Å². The first-order valence-corrected chi connectivity index (χ1v) is 31.7. The van der Waals surface area contributed by atoms with E-state index in [-0.39, 0.29) is 26.1 Å². The highest BCUT2D eigenvalue weighted by molar-refractivity contribution is 7.45. The van der Waals surface area contributed by atoms with Crippen LogP contribution < -0.4 is 4.89 Å². The fourth-order valence-corrected chi connectivity index (χ4v) is 8.55. The Kier molecular flexibility index (Phi) is 53.5. The molecule has 0 saturated heterocycles. The fraction of sp³-hybridized carbons (Fsp3) is 0.667. The third-order valence-electron chi connectivity index (χ3n) is 12.5. The van der Waals surface area contributed by atoms with Gasteiger partial charge in [-0.15, -0.1) is 0 Å². The summed E-state index contributed by atoms with van der Waals surface area (Å²) in [5.74, 6) is -0.891. The van der Waals surface area contributed by atoms with Gasteiger partial charge in [0.2, 0.25) is 0 Å². The predicted molar refractivity (Wildman–Crippen MR) is 323 cm³/mol. The second-order valence-electron chi connectivity index (χ2n) is 21.0. The van der Waals surface area contributed by atoms with E-state index < -0.39 is 32.5 Å². The van der Waals surface area contributed by atoms with Crippen LogP contribution >= 0.6 is 7.82 Å². The third-order valence-corrected chi connectivity index (χ3v) is 13.4. The van der Waals surface area contributed by atoms with Crippen molar-refractivity contribution in [3.8, 4) is 0 Å². The van der Waals surface area contributed by atoms with Crippen molar-refractivity contribution in [1.82, 2.24) is 0 Å². The number of carbonyl (C=O) groups is 2. The SMILES string of the molecule is CC/C=C\C/C=C\C/C=C\C/C=C\C/C=C\C/C=C\C/C=C\C/C=C\CCCCC(=O)OC(COC(=O)CCCCCCCCCCCCCCC/C=C\C/C=C\CCCCCCC)COP(=O)([O-])OCC[N+](C)(C)C. The van der Waals surface area contributed by atoms with Gasteiger partial charge < -0.3 is 27.9 Å². The second-order valence-corrected chi connectivity index (χ2v) is 22.4. The minimum absolute atomic E-state index is 0.0460. The number of rotatable bonds is 54. The van der Waals surface area contributed by atoms with E-state index in [0.29, 0.717) is 17.4 Å². The number of carbonyl (C=O) groups excluding carboxylic acids is 2. The van der Waals surface area contributed by atoms with Crippen LogP contribution in [0.3, 0.4) is 0 Å². The lowest BCUT2D eigenvalue weighted by Crippen LogP contribution is -2.37. The number of phosphoric ester groups is 1. The highest BCUT2D eigenvalue weighted by Crippen LogP contribution is 2.38. The Balaban J connectivity index is 4.27. The molecule has 0 aliphatic carbocycles. The molecular formula is C66H112NO8P. The Bertz CT molecular complexity index is 1700. The highest BCUT2D eigenvalue weighted by Gasteiger charge is 2.21. The van der Waals surface area contributed by atoms with Gasteiger partial charge in [0.25, 0.3) is 7.82 Å². The van der Waals surface area contributed by atoms with Gasteiger partial charge in [-0.1, -0.05) is 232 Å². The molecule has 0 aromatic carbocycles. The van der Waals surface area contributed by atoms with Crippen molar-refractivity contribution in [2.45, 2.75) is 238 Å². The van der Waals surface area contributed by atoms with Crippen molar-refractivity contribution in [2.24, 2.45) is 0 Å². The average Bonchev–Trinajstić information content (AvgIpc) is 3.38. The van der Waals surface area contributed by atoms with Crippen LogP contribution in [-0.4, -0.2) is 70.0 Å². The molecule has 0 rings (SSSR count). The number of quaternary nitrogens is 1. The lowest BCUT2D eigenvalue weighted by Gasteiger charge is -2.28. The first-order valence-electron chi connectivity index (χ1n) is 30.2. The maximum absolute atomic E-state index is 12.8. The number of allylic oxidation sites excluding steroid dienone is 20. The standard InChI is InChI=1S/C66H112NO8P/c1-6-8-10-12-14-16-18-20-22-24-26-28-30-32-33-35-37-39-41-43-45-47-49-51-53-55-57-59-66(69)75-64(63-74-76(70,71)73-61-60-67(3,4)5)62-72-65(68)58-56-54-52-50-48-46-44-42-40-38-36-34-31-29-27-25-23-21-19-17-15-13-11-9-7-2/h8,10,14,16,19-22,25-28,32-33,37,39,43,45,49,51,64H,6-7,9,11-13,15,17-18,23-24,29-31,34-36,38,40-42,44,46-48,50,52-63H2,1-5H3/b10-8-,16-14-,21-19-,22-20-,27-25-,28-26-,33-32-,39-37-,45-43-,51-49-. The zero-order valence-corrected chi connectivity index (χ0v) is 50.0. The Morgan fingerprint density at radius 2 is 0.750 bits per heavy atom. The van der Waals surface area contributed by atoms with E-state index >= 15 is 0 Å². The second kappa shape index (κ2) is 56.1. The summed E-state index contributed by atoms with van der Waals surface area (Å²) in [7, 11) is 1.12. The van der Waals surface area contributed by atoms with E-state index in [0.717, 1.165) is 89.9 Å². The summed E-state index contributed by atoms with van der Waals surface area (Å²) < 4.78 is 34.1. The van der Waals surface area contributed by atoms with Crippen LogP contribution in [0.5, 0.6) is 0 Å². The average molecular weight is 1080 g/mol. The van der Waals surface area contributed by atoms with Gasteiger partial charge in [-0.05, 0) is 109 Å². The molecule has 0 fully saturated rings. The predicted octanol–water partition coefficient (Wildman–Crippen LogP) is 18.5. The highest BCUT2D eigenvalue weighted by atomic mass is 31.2. The molecule has 2 atom stereocenters. The first kappa shape index (κ1) is 72.4. The van der Waals surface area contributed by atoms with Gasteiger partial charge >= 0.3 is 11.9 Å². The first-order chi connectivity index (χ1) is 37.0. The molecule has 434 valence electrons. The molecule has 0 heterocycles. The van der Waals surface area contributed by atoms with Gasteiger partial charge in [0.05, 0.1) is 27.7 Å². The number of esters is 2. The van der Waals surface area contributed by atoms with E-state index in [1.54, 1.807) is 0 Å². The lowest BCUT2D eigenvalue weighted by molar-refractivity contribution is -0.870. The summed E-state index contributed by atoms with van der Waals surface area (Å²) in [4.78, 5) is 37.9. The van der Waals surface area contributed by atoms with Gasteiger partial charge in [0.15, 0.2) is 6.10 Å². The van der Waals surface area contributed by atoms with Crippen LogP contribution in [0.15, 0.2) is 122 Å². The lowest BCUT2D eigenvalue weighted by atomic mass is 10.0. The molecule has 0 aliphatic heterocycles. The summed E-state index contributed by atoms with van der Waals surface area (Å²) in [5, 5.41) is 0. The van der Waals surface area contributed by atoms with E-state index in [1.165, 1.54) is 109 Å². The monoisotopic (exact) mass is 1080 g/mol. The smallest absolute Gasteiger partial charge is 0.306 e. The van der Waals surface area contributed by atoms with Gasteiger partial charge in [-0.3, -0.25) is 14.2 Å². The van der Waals surface area contributed by atoms with Crippen molar-refractivity contribution in [3.05, 3.63) is 122 Å². The maximum Gasteiger partial charge on any atom is 0.306 e. The van der Waals surface area contributed by atoms with Gasteiger partial charge in [0, 0.05) is 12.8 Å². The van der Waals surface area contributed by atoms with Crippen molar-refractivity contribution < 1.29 is 42.1 Å². The quantitative estimate of drug-likeness (QED) is 0.0195. The minimum atomic E-state index is -4.66. The number of ether oxygens (including phenoxy) is 2. The Morgan fingerprint density at radius 1 is 0.421 bits per heavy atom. The summed E-state index contributed by atoms with van der Waals surface area (Å²) in [6, 6.07) is 0. The van der Waals surface area contributed by atoms with E-state index in [1.807, 2.05) is 21.1 Å². The Hall–Kier alpha value is -3.59. The summed E-state index contributed by atoms with van der Waals surface area (Å²) in [5.41, 5.74) is 0. The number of hydrogen-bond donors (Lipinski definition) is 0. The van der Waals surface area contributed by atoms with Crippen LogP contribution in [0, 0.1) is 0 Å². The molecule has 76 heavy (non-hydrogen) atoms. The molecule has 0 spiro atoms. The van der Waals surface area contributed by atoms with Crippen LogP contribution in [0.2, 0.25) is 0 Å². The topological polar surface area (TPSA) is 111 Å². The number of likely N-dealkylation sites (N-methyl/N-ethyl adjacent to an activating group) is 1. The molecule has 0 radical (unpaired) electrons. The third kappa shape index (κ3) is 59.7. The normalized spacial score (nSPS) is 14.1. The van der Waals surface area contributed by atoms with Crippen molar-refractivity contribution in [2.75, 3.05) is 47.5 Å². The molecule has 0 amide bonds. The molecule has 2 unspecified atom stereocenters. The van der Waals surface area contributed by atoms with E-state index in [4.69, 9.17) is 18.5 Å². The molecule has 0 aliphatic rings. The number of nitrogens with zero attached hydrogens (tertiary/aromatic N) is 1. The van der Waals surface area contributed by atoms with Gasteiger partial charge in [-0.2, -0.15) is 0 Å². The van der Waals surface area contributed by atoms with Crippen molar-refractivity contribution in [3.63, 3.8) is 0 Å². The molecule has 0 aromatic heterocycles. The summed E-state index contributed by atoms with van der Waals surface area (Å²) in [6.45, 7) is 4.06. The largest absolute Gasteiger partial charge is 0.756 e. The van der Waals surface area contributed by atoms with Crippen LogP contribution in [0.25, 0.3) is 0 Å². The molecule has 0 bridgehead atoms. The van der Waals surface area contributed by atoms with Gasteiger partial charge in [-0.25, -0.2) is 0 Å². The van der Waals surface area contributed by atoms with Gasteiger partial charge in [0.1, 0.15) is 19.8 Å². The van der Waals surface area contributed by atoms with E-state index in [9.17, 15) is 19.0 Å². The van der Waals surface area contributed by atoms with Crippen LogP contribution in [-0.2, 0) is 32.7 Å². The number of phosphoric acid groups is 1. The van der Waals surface area contributed by atoms with Crippen LogP contribution in [0.1, 0.15) is 232 Å².